The van der Waals surface area contributed by atoms with Crippen molar-refractivity contribution in [3.8, 4) is 11.8 Å². The van der Waals surface area contributed by atoms with Gasteiger partial charge in [0.15, 0.2) is 0 Å². The molecule has 0 spiro atoms. The number of anilines is 1. The summed E-state index contributed by atoms with van der Waals surface area (Å²) in [4.78, 5) is 0. The van der Waals surface area contributed by atoms with Gasteiger partial charge >= 0.3 is 0 Å². The fourth-order valence-electron chi connectivity index (χ4n) is 1.51. The number of benzene rings is 2. The normalized spacial score (nSPS) is 9.63. The summed E-state index contributed by atoms with van der Waals surface area (Å²) in [6, 6.07) is 13.4. The van der Waals surface area contributed by atoms with E-state index in [0.717, 1.165) is 10.0 Å². The molecular weight excluding hydrogens is 345 g/mol. The SMILES string of the molecule is Clc1cc(Br)cc(Cl)c1NCC#Cc1ccccc1. The minimum atomic E-state index is 0.482. The molecule has 4 heteroatoms. The Balaban J connectivity index is 2.03. The molecule has 1 nitrogen and oxygen atoms in total. The quantitative estimate of drug-likeness (QED) is 0.729. The lowest BCUT2D eigenvalue weighted by Gasteiger charge is -2.08. The molecule has 2 rings (SSSR count). The summed E-state index contributed by atoms with van der Waals surface area (Å²) in [5.41, 5.74) is 1.69. The maximum Gasteiger partial charge on any atom is 0.0770 e. The van der Waals surface area contributed by atoms with E-state index in [-0.39, 0.29) is 0 Å². The highest BCUT2D eigenvalue weighted by Gasteiger charge is 2.05. The van der Waals surface area contributed by atoms with Gasteiger partial charge in [0, 0.05) is 10.0 Å². The Hall–Kier alpha value is -1.14. The van der Waals surface area contributed by atoms with Gasteiger partial charge in [-0.2, -0.15) is 0 Å². The summed E-state index contributed by atoms with van der Waals surface area (Å²) in [6.07, 6.45) is 0. The van der Waals surface area contributed by atoms with E-state index in [1.165, 1.54) is 0 Å². The van der Waals surface area contributed by atoms with Crippen molar-refractivity contribution in [1.29, 1.82) is 0 Å². The molecule has 0 atom stereocenters. The van der Waals surface area contributed by atoms with Crippen molar-refractivity contribution >= 4 is 44.8 Å². The highest BCUT2D eigenvalue weighted by molar-refractivity contribution is 9.10. The van der Waals surface area contributed by atoms with Crippen molar-refractivity contribution in [1.82, 2.24) is 0 Å². The van der Waals surface area contributed by atoms with E-state index in [9.17, 15) is 0 Å². The number of nitrogens with one attached hydrogen (secondary N) is 1. The summed E-state index contributed by atoms with van der Waals surface area (Å²) in [5, 5.41) is 4.26. The Morgan fingerprint density at radius 3 is 2.32 bits per heavy atom. The maximum atomic E-state index is 6.11. The molecule has 0 aromatic heterocycles. The summed E-state index contributed by atoms with van der Waals surface area (Å²) in [5.74, 6) is 6.09. The molecular formula is C15H10BrCl2N. The molecule has 0 heterocycles. The van der Waals surface area contributed by atoms with Gasteiger partial charge in [-0.05, 0) is 24.3 Å². The van der Waals surface area contributed by atoms with Crippen LogP contribution in [0.4, 0.5) is 5.69 Å². The third-order valence-electron chi connectivity index (χ3n) is 2.37. The van der Waals surface area contributed by atoms with E-state index >= 15 is 0 Å². The second-order valence-electron chi connectivity index (χ2n) is 3.77. The minimum absolute atomic E-state index is 0.482. The van der Waals surface area contributed by atoms with Crippen LogP contribution in [-0.2, 0) is 0 Å². The van der Waals surface area contributed by atoms with Gasteiger partial charge in [-0.15, -0.1) is 0 Å². The molecule has 0 fully saturated rings. The molecule has 2 aromatic carbocycles. The fourth-order valence-corrected chi connectivity index (χ4v) is 2.85. The van der Waals surface area contributed by atoms with Crippen LogP contribution in [0.15, 0.2) is 46.9 Å². The van der Waals surface area contributed by atoms with Crippen molar-refractivity contribution < 1.29 is 0 Å². The Labute approximate surface area is 131 Å². The summed E-state index contributed by atoms with van der Waals surface area (Å²) in [7, 11) is 0. The second kappa shape index (κ2) is 6.86. The van der Waals surface area contributed by atoms with Crippen LogP contribution in [0.1, 0.15) is 5.56 Å². The van der Waals surface area contributed by atoms with Crippen molar-refractivity contribution in [3.05, 3.63) is 62.5 Å². The van der Waals surface area contributed by atoms with E-state index in [0.29, 0.717) is 22.3 Å². The molecule has 0 radical (unpaired) electrons. The van der Waals surface area contributed by atoms with Crippen molar-refractivity contribution in [2.75, 3.05) is 11.9 Å². The molecule has 0 aliphatic carbocycles. The summed E-state index contributed by atoms with van der Waals surface area (Å²) >= 11 is 15.5. The predicted molar refractivity (Wildman–Crippen MR) is 86.0 cm³/mol. The lowest BCUT2D eigenvalue weighted by atomic mass is 10.2. The highest BCUT2D eigenvalue weighted by atomic mass is 79.9. The van der Waals surface area contributed by atoms with Gasteiger partial charge in [0.2, 0.25) is 0 Å². The van der Waals surface area contributed by atoms with Crippen LogP contribution in [0.2, 0.25) is 10.0 Å². The summed E-state index contributed by atoms with van der Waals surface area (Å²) < 4.78 is 0.850. The van der Waals surface area contributed by atoms with Crippen LogP contribution >= 0.6 is 39.1 Å². The van der Waals surface area contributed by atoms with Crippen LogP contribution in [0.5, 0.6) is 0 Å². The zero-order chi connectivity index (χ0) is 13.7. The molecule has 0 saturated carbocycles. The molecule has 0 aliphatic rings. The third kappa shape index (κ3) is 4.18. The molecule has 0 saturated heterocycles. The van der Waals surface area contributed by atoms with E-state index in [2.05, 4.69) is 33.1 Å². The average Bonchev–Trinajstić information content (AvgIpc) is 2.38. The molecule has 1 N–H and O–H groups in total. The lowest BCUT2D eigenvalue weighted by molar-refractivity contribution is 1.37. The Morgan fingerprint density at radius 2 is 1.68 bits per heavy atom. The van der Waals surface area contributed by atoms with Gasteiger partial charge in [-0.1, -0.05) is 69.2 Å². The molecule has 0 amide bonds. The van der Waals surface area contributed by atoms with Crippen LogP contribution in [0, 0.1) is 11.8 Å². The standard InChI is InChI=1S/C15H10BrCl2N/c16-12-9-13(17)15(14(18)10-12)19-8-4-7-11-5-2-1-3-6-11/h1-3,5-6,9-10,19H,8H2. The maximum absolute atomic E-state index is 6.11. The zero-order valence-electron chi connectivity index (χ0n) is 9.88. The van der Waals surface area contributed by atoms with Crippen LogP contribution in [0.25, 0.3) is 0 Å². The first-order valence-electron chi connectivity index (χ1n) is 5.59. The minimum Gasteiger partial charge on any atom is -0.372 e. The zero-order valence-corrected chi connectivity index (χ0v) is 13.0. The molecule has 0 aliphatic heterocycles. The summed E-state index contributed by atoms with van der Waals surface area (Å²) in [6.45, 7) is 0.482. The van der Waals surface area contributed by atoms with Crippen molar-refractivity contribution in [2.45, 2.75) is 0 Å². The largest absolute Gasteiger partial charge is 0.372 e. The second-order valence-corrected chi connectivity index (χ2v) is 5.50. The first-order chi connectivity index (χ1) is 9.16. The fraction of sp³-hybridized carbons (Fsp3) is 0.0667. The number of halogens is 3. The lowest BCUT2D eigenvalue weighted by Crippen LogP contribution is -2.00. The van der Waals surface area contributed by atoms with E-state index in [1.807, 2.05) is 30.3 Å². The van der Waals surface area contributed by atoms with E-state index < -0.39 is 0 Å². The Kier molecular flexibility index (Phi) is 5.15. The van der Waals surface area contributed by atoms with Crippen molar-refractivity contribution in [3.63, 3.8) is 0 Å². The molecule has 19 heavy (non-hydrogen) atoms. The third-order valence-corrected chi connectivity index (χ3v) is 3.42. The molecule has 0 bridgehead atoms. The van der Waals surface area contributed by atoms with Gasteiger partial charge in [-0.25, -0.2) is 0 Å². The Bertz CT molecular complexity index is 607. The number of rotatable bonds is 2. The predicted octanol–water partition coefficient (Wildman–Crippen LogP) is 5.22. The first kappa shape index (κ1) is 14.3. The van der Waals surface area contributed by atoms with Gasteiger partial charge in [0.05, 0.1) is 22.3 Å². The van der Waals surface area contributed by atoms with Gasteiger partial charge in [0.25, 0.3) is 0 Å². The monoisotopic (exact) mass is 353 g/mol. The molecule has 0 unspecified atom stereocenters. The molecule has 2 aromatic rings. The first-order valence-corrected chi connectivity index (χ1v) is 7.14. The Morgan fingerprint density at radius 1 is 1.05 bits per heavy atom. The highest BCUT2D eigenvalue weighted by Crippen LogP contribution is 2.33. The van der Waals surface area contributed by atoms with Gasteiger partial charge < -0.3 is 5.32 Å². The molecule has 96 valence electrons. The van der Waals surface area contributed by atoms with E-state index in [1.54, 1.807) is 12.1 Å². The smallest absolute Gasteiger partial charge is 0.0770 e. The van der Waals surface area contributed by atoms with E-state index in [4.69, 9.17) is 23.2 Å². The van der Waals surface area contributed by atoms with Crippen molar-refractivity contribution in [2.24, 2.45) is 0 Å². The number of hydrogen-bond acceptors (Lipinski definition) is 1. The topological polar surface area (TPSA) is 12.0 Å². The number of hydrogen-bond donors (Lipinski definition) is 1. The van der Waals surface area contributed by atoms with Crippen LogP contribution in [0.3, 0.4) is 0 Å². The van der Waals surface area contributed by atoms with Crippen LogP contribution < -0.4 is 5.32 Å². The van der Waals surface area contributed by atoms with Crippen LogP contribution in [-0.4, -0.2) is 6.54 Å². The van der Waals surface area contributed by atoms with Gasteiger partial charge in [0.1, 0.15) is 0 Å². The van der Waals surface area contributed by atoms with Gasteiger partial charge in [-0.3, -0.25) is 0 Å². The average molecular weight is 355 g/mol.